The third-order valence-corrected chi connectivity index (χ3v) is 7.19. The molecule has 0 saturated carbocycles. The second-order valence-corrected chi connectivity index (χ2v) is 12.4. The summed E-state index contributed by atoms with van der Waals surface area (Å²) in [6.07, 6.45) is 41.1. The van der Waals surface area contributed by atoms with Crippen LogP contribution in [0.25, 0.3) is 0 Å². The molecule has 240 valence electrons. The van der Waals surface area contributed by atoms with Crippen LogP contribution in [0.1, 0.15) is 142 Å². The topological polar surface area (TPSA) is 101 Å². The largest absolute Gasteiger partial charge is 0.790 e. The number of aryl methyl sites for hydroxylation is 4. The van der Waals surface area contributed by atoms with Crippen molar-refractivity contribution in [1.82, 2.24) is 9.13 Å². The number of nitrogens with zero attached hydrogens (tertiary/aromatic N) is 4. The SMILES string of the molecule is CCCCCCCCCCCCn1cc[n+](C)c1.CCCCCCCCCCCCn1cc[n+](C)c1.O=P([O-])([O-])O. The molecule has 0 aliphatic carbocycles. The summed E-state index contributed by atoms with van der Waals surface area (Å²) < 4.78 is 17.4. The van der Waals surface area contributed by atoms with Crippen LogP contribution in [0, 0.1) is 0 Å². The average molecular weight is 599 g/mol. The minimum Gasteiger partial charge on any atom is -0.790 e. The quantitative estimate of drug-likeness (QED) is 0.0980. The van der Waals surface area contributed by atoms with Crippen molar-refractivity contribution in [1.29, 1.82) is 0 Å². The van der Waals surface area contributed by atoms with Gasteiger partial charge in [-0.15, -0.1) is 0 Å². The van der Waals surface area contributed by atoms with E-state index in [2.05, 4.69) is 83.7 Å². The Morgan fingerprint density at radius 2 is 0.805 bits per heavy atom. The monoisotopic (exact) mass is 598 g/mol. The summed E-state index contributed by atoms with van der Waals surface area (Å²) in [5.41, 5.74) is 0. The lowest BCUT2D eigenvalue weighted by molar-refractivity contribution is -0.671. The van der Waals surface area contributed by atoms with Crippen molar-refractivity contribution < 1.29 is 28.4 Å². The zero-order valence-electron chi connectivity index (χ0n) is 26.9. The van der Waals surface area contributed by atoms with E-state index in [1.165, 1.54) is 142 Å². The van der Waals surface area contributed by atoms with Crippen LogP contribution in [-0.4, -0.2) is 14.0 Å². The van der Waals surface area contributed by atoms with Gasteiger partial charge in [-0.25, -0.2) is 18.3 Å². The molecule has 0 atom stereocenters. The lowest BCUT2D eigenvalue weighted by Gasteiger charge is -2.19. The first-order chi connectivity index (χ1) is 19.7. The predicted molar refractivity (Wildman–Crippen MR) is 165 cm³/mol. The fourth-order valence-electron chi connectivity index (χ4n) is 4.83. The summed E-state index contributed by atoms with van der Waals surface area (Å²) in [6.45, 7) is 6.92. The standard InChI is InChI=1S/2C16H31N2.H3O4P/c2*1-3-4-5-6-7-8-9-10-11-12-13-18-15-14-17(2)16-18;1-5(2,3)4/h2*14-16H,3-13H2,1-2H3;(H3,1,2,3,4)/q2*+1;/p-2. The Labute approximate surface area is 252 Å². The highest BCUT2D eigenvalue weighted by atomic mass is 31.2. The highest BCUT2D eigenvalue weighted by Crippen LogP contribution is 2.12. The van der Waals surface area contributed by atoms with Gasteiger partial charge in [0.1, 0.15) is 24.8 Å². The van der Waals surface area contributed by atoms with E-state index in [4.69, 9.17) is 19.2 Å². The molecule has 0 fully saturated rings. The molecule has 9 heteroatoms. The summed E-state index contributed by atoms with van der Waals surface area (Å²) >= 11 is 0. The van der Waals surface area contributed by atoms with Gasteiger partial charge in [0.25, 0.3) is 0 Å². The van der Waals surface area contributed by atoms with Crippen molar-refractivity contribution in [2.75, 3.05) is 0 Å². The molecule has 0 unspecified atom stereocenters. The van der Waals surface area contributed by atoms with Gasteiger partial charge in [-0.2, -0.15) is 0 Å². The highest BCUT2D eigenvalue weighted by molar-refractivity contribution is 7.42. The van der Waals surface area contributed by atoms with Crippen molar-refractivity contribution in [3.05, 3.63) is 37.4 Å². The molecule has 0 saturated heterocycles. The third-order valence-electron chi connectivity index (χ3n) is 7.19. The first-order valence-corrected chi connectivity index (χ1v) is 17.9. The number of phosphoric acid groups is 1. The van der Waals surface area contributed by atoms with Crippen molar-refractivity contribution in [3.8, 4) is 0 Å². The van der Waals surface area contributed by atoms with Crippen LogP contribution >= 0.6 is 7.82 Å². The molecule has 0 amide bonds. The minimum absolute atomic E-state index is 1.18. The molecule has 0 radical (unpaired) electrons. The smallest absolute Gasteiger partial charge is 0.243 e. The molecule has 0 aromatic carbocycles. The molecule has 2 aromatic rings. The van der Waals surface area contributed by atoms with Gasteiger partial charge >= 0.3 is 0 Å². The number of rotatable bonds is 22. The zero-order chi connectivity index (χ0) is 30.6. The number of hydrogen-bond acceptors (Lipinski definition) is 3. The van der Waals surface area contributed by atoms with E-state index in [-0.39, 0.29) is 0 Å². The maximum absolute atomic E-state index is 8.66. The predicted octanol–water partition coefficient (Wildman–Crippen LogP) is 6.27. The normalized spacial score (nSPS) is 11.1. The first kappa shape index (κ1) is 39.5. The summed E-state index contributed by atoms with van der Waals surface area (Å²) in [5.74, 6) is 0. The molecule has 0 spiro atoms. The highest BCUT2D eigenvalue weighted by Gasteiger charge is 2.00. The van der Waals surface area contributed by atoms with Gasteiger partial charge in [0.15, 0.2) is 0 Å². The van der Waals surface area contributed by atoms with Crippen LogP contribution in [0.4, 0.5) is 0 Å². The number of imidazole rings is 2. The van der Waals surface area contributed by atoms with E-state index in [0.29, 0.717) is 0 Å². The fourth-order valence-corrected chi connectivity index (χ4v) is 4.83. The Balaban J connectivity index is 0.000000671. The molecule has 8 nitrogen and oxygen atoms in total. The first-order valence-electron chi connectivity index (χ1n) is 16.4. The van der Waals surface area contributed by atoms with E-state index < -0.39 is 7.82 Å². The van der Waals surface area contributed by atoms with Crippen molar-refractivity contribution in [3.63, 3.8) is 0 Å². The Kier molecular flexibility index (Phi) is 26.4. The molecule has 0 bridgehead atoms. The van der Waals surface area contributed by atoms with Gasteiger partial charge in [0.2, 0.25) is 12.7 Å². The van der Waals surface area contributed by atoms with E-state index in [1.54, 1.807) is 0 Å². The molecule has 0 aliphatic rings. The molecule has 41 heavy (non-hydrogen) atoms. The van der Waals surface area contributed by atoms with Gasteiger partial charge in [-0.1, -0.05) is 117 Å². The van der Waals surface area contributed by atoms with Crippen molar-refractivity contribution >= 4 is 7.82 Å². The summed E-state index contributed by atoms with van der Waals surface area (Å²) in [6, 6.07) is 0. The molecule has 2 rings (SSSR count). The lowest BCUT2D eigenvalue weighted by Crippen LogP contribution is -2.23. The van der Waals surface area contributed by atoms with E-state index in [1.807, 2.05) is 0 Å². The molecule has 0 aliphatic heterocycles. The Morgan fingerprint density at radius 1 is 0.561 bits per heavy atom. The van der Waals surface area contributed by atoms with E-state index in [0.717, 1.165) is 0 Å². The van der Waals surface area contributed by atoms with Crippen LogP contribution < -0.4 is 18.9 Å². The number of hydrogen-bond donors (Lipinski definition) is 1. The number of unbranched alkanes of at least 4 members (excludes halogenated alkanes) is 18. The summed E-state index contributed by atoms with van der Waals surface area (Å²) in [7, 11) is -0.982. The van der Waals surface area contributed by atoms with Crippen LogP contribution in [0.2, 0.25) is 0 Å². The second-order valence-electron chi connectivity index (χ2n) is 11.5. The van der Waals surface area contributed by atoms with E-state index in [9.17, 15) is 0 Å². The van der Waals surface area contributed by atoms with Gasteiger partial charge < -0.3 is 19.2 Å². The minimum atomic E-state index is -5.14. The van der Waals surface area contributed by atoms with Gasteiger partial charge in [0.05, 0.1) is 35.0 Å². The summed E-state index contributed by atoms with van der Waals surface area (Å²) in [4.78, 5) is 24.3. The van der Waals surface area contributed by atoms with E-state index >= 15 is 0 Å². The third kappa shape index (κ3) is 31.3. The van der Waals surface area contributed by atoms with Gasteiger partial charge in [0, 0.05) is 0 Å². The summed E-state index contributed by atoms with van der Waals surface area (Å²) in [5, 5.41) is 0. The molecule has 1 N–H and O–H groups in total. The Hall–Kier alpha value is -1.47. The Morgan fingerprint density at radius 3 is 1.02 bits per heavy atom. The van der Waals surface area contributed by atoms with Crippen molar-refractivity contribution in [2.24, 2.45) is 14.1 Å². The molecule has 2 heterocycles. The van der Waals surface area contributed by atoms with Gasteiger partial charge in [-0.05, 0) is 25.7 Å². The molecular formula is C32H63N4O4P. The lowest BCUT2D eigenvalue weighted by atomic mass is 10.1. The maximum Gasteiger partial charge on any atom is 0.243 e. The van der Waals surface area contributed by atoms with Crippen LogP contribution in [-0.2, 0) is 31.7 Å². The van der Waals surface area contributed by atoms with Gasteiger partial charge in [-0.3, -0.25) is 0 Å². The van der Waals surface area contributed by atoms with Crippen LogP contribution in [0.5, 0.6) is 0 Å². The van der Waals surface area contributed by atoms with Crippen molar-refractivity contribution in [2.45, 2.75) is 155 Å². The van der Waals surface area contributed by atoms with Crippen LogP contribution in [0.3, 0.4) is 0 Å². The van der Waals surface area contributed by atoms with Crippen LogP contribution in [0.15, 0.2) is 37.4 Å². The molecule has 2 aromatic heterocycles. The Bertz CT molecular complexity index is 797. The second kappa shape index (κ2) is 27.4. The molecular weight excluding hydrogens is 535 g/mol. The average Bonchev–Trinajstić information content (AvgIpc) is 3.53. The zero-order valence-corrected chi connectivity index (χ0v) is 27.8. The maximum atomic E-state index is 8.66. The number of aromatic nitrogens is 4. The fraction of sp³-hybridized carbons (Fsp3) is 0.812.